The molecule has 6 heteroatoms. The molecule has 3 N–H and O–H groups in total. The second kappa shape index (κ2) is 4.94. The summed E-state index contributed by atoms with van der Waals surface area (Å²) in [6.45, 7) is 0. The summed E-state index contributed by atoms with van der Waals surface area (Å²) in [4.78, 5) is 8.26. The zero-order chi connectivity index (χ0) is 14.1. The molecule has 1 heterocycles. The van der Waals surface area contributed by atoms with Crippen molar-refractivity contribution in [3.63, 3.8) is 0 Å². The van der Waals surface area contributed by atoms with Gasteiger partial charge in [0.05, 0.1) is 16.2 Å². The standard InChI is InChI=1S/C14H10ClFN4/c15-10-2-1-3-11(16)13(10)20-14-9-6-8(17)4-5-12(9)18-7-19-14/h1-7H,17H2,(H,18,19,20). The number of rotatable bonds is 2. The Hall–Kier alpha value is -2.40. The first-order chi connectivity index (χ1) is 9.65. The molecule has 0 aliphatic heterocycles. The third-order valence-corrected chi connectivity index (χ3v) is 3.18. The number of fused-ring (bicyclic) bond motifs is 1. The highest BCUT2D eigenvalue weighted by atomic mass is 35.5. The normalized spacial score (nSPS) is 10.7. The first-order valence-electron chi connectivity index (χ1n) is 5.86. The van der Waals surface area contributed by atoms with Gasteiger partial charge in [-0.1, -0.05) is 17.7 Å². The number of benzene rings is 2. The van der Waals surface area contributed by atoms with E-state index >= 15 is 0 Å². The van der Waals surface area contributed by atoms with Crippen molar-refractivity contribution in [2.24, 2.45) is 0 Å². The smallest absolute Gasteiger partial charge is 0.148 e. The van der Waals surface area contributed by atoms with Crippen LogP contribution in [0.5, 0.6) is 0 Å². The number of nitrogens with two attached hydrogens (primary N) is 1. The fraction of sp³-hybridized carbons (Fsp3) is 0. The molecule has 0 fully saturated rings. The molecule has 20 heavy (non-hydrogen) atoms. The molecule has 1 aromatic heterocycles. The van der Waals surface area contributed by atoms with Crippen molar-refractivity contribution in [3.05, 3.63) is 53.6 Å². The van der Waals surface area contributed by atoms with Crippen molar-refractivity contribution in [1.82, 2.24) is 9.97 Å². The molecule has 3 rings (SSSR count). The number of hydrogen-bond donors (Lipinski definition) is 2. The van der Waals surface area contributed by atoms with Crippen LogP contribution in [0.3, 0.4) is 0 Å². The van der Waals surface area contributed by atoms with Gasteiger partial charge in [0.1, 0.15) is 18.0 Å². The number of aromatic nitrogens is 2. The molecule has 0 saturated heterocycles. The minimum Gasteiger partial charge on any atom is -0.399 e. The molecule has 4 nitrogen and oxygen atoms in total. The fourth-order valence-corrected chi connectivity index (χ4v) is 2.12. The lowest BCUT2D eigenvalue weighted by atomic mass is 10.2. The maximum Gasteiger partial charge on any atom is 0.148 e. The first kappa shape index (κ1) is 12.6. The van der Waals surface area contributed by atoms with Crippen LogP contribution in [-0.4, -0.2) is 9.97 Å². The van der Waals surface area contributed by atoms with E-state index in [1.807, 2.05) is 0 Å². The van der Waals surface area contributed by atoms with Gasteiger partial charge in [0.25, 0.3) is 0 Å². The molecule has 2 aromatic carbocycles. The van der Waals surface area contributed by atoms with Crippen LogP contribution in [0, 0.1) is 5.82 Å². The summed E-state index contributed by atoms with van der Waals surface area (Å²) in [6, 6.07) is 9.72. The van der Waals surface area contributed by atoms with Crippen LogP contribution < -0.4 is 11.1 Å². The predicted octanol–water partition coefficient (Wildman–Crippen LogP) is 3.75. The average Bonchev–Trinajstić information content (AvgIpc) is 2.43. The highest BCUT2D eigenvalue weighted by Gasteiger charge is 2.10. The van der Waals surface area contributed by atoms with E-state index in [2.05, 4.69) is 15.3 Å². The van der Waals surface area contributed by atoms with Gasteiger partial charge in [0.15, 0.2) is 0 Å². The Labute approximate surface area is 119 Å². The number of anilines is 3. The van der Waals surface area contributed by atoms with E-state index < -0.39 is 5.82 Å². The fourth-order valence-electron chi connectivity index (χ4n) is 1.91. The van der Waals surface area contributed by atoms with E-state index in [4.69, 9.17) is 17.3 Å². The summed E-state index contributed by atoms with van der Waals surface area (Å²) >= 11 is 5.99. The summed E-state index contributed by atoms with van der Waals surface area (Å²) < 4.78 is 13.8. The third-order valence-electron chi connectivity index (χ3n) is 2.87. The van der Waals surface area contributed by atoms with Crippen molar-refractivity contribution in [2.75, 3.05) is 11.1 Å². The minimum atomic E-state index is -0.451. The van der Waals surface area contributed by atoms with Crippen molar-refractivity contribution < 1.29 is 4.39 Å². The van der Waals surface area contributed by atoms with Crippen LogP contribution in [0.2, 0.25) is 5.02 Å². The molecule has 0 aliphatic carbocycles. The molecular weight excluding hydrogens is 279 g/mol. The maximum atomic E-state index is 13.8. The van der Waals surface area contributed by atoms with Gasteiger partial charge in [-0.15, -0.1) is 0 Å². The Morgan fingerprint density at radius 3 is 2.80 bits per heavy atom. The molecule has 0 saturated carbocycles. The largest absolute Gasteiger partial charge is 0.399 e. The van der Waals surface area contributed by atoms with Crippen LogP contribution in [0.1, 0.15) is 0 Å². The monoisotopic (exact) mass is 288 g/mol. The Bertz CT molecular complexity index is 771. The highest BCUT2D eigenvalue weighted by molar-refractivity contribution is 6.33. The molecule has 3 aromatic rings. The van der Waals surface area contributed by atoms with Gasteiger partial charge in [-0.25, -0.2) is 14.4 Å². The van der Waals surface area contributed by atoms with Crippen LogP contribution >= 0.6 is 11.6 Å². The van der Waals surface area contributed by atoms with Gasteiger partial charge >= 0.3 is 0 Å². The van der Waals surface area contributed by atoms with Gasteiger partial charge in [-0.05, 0) is 30.3 Å². The van der Waals surface area contributed by atoms with Crippen LogP contribution in [0.25, 0.3) is 10.9 Å². The molecule has 0 aliphatic rings. The number of nitrogen functional groups attached to an aromatic ring is 1. The maximum absolute atomic E-state index is 13.8. The second-order valence-corrected chi connectivity index (χ2v) is 4.63. The molecular formula is C14H10ClFN4. The number of nitrogens with zero attached hydrogens (tertiary/aromatic N) is 2. The molecule has 0 amide bonds. The van der Waals surface area contributed by atoms with Crippen LogP contribution in [-0.2, 0) is 0 Å². The number of nitrogens with one attached hydrogen (secondary N) is 1. The lowest BCUT2D eigenvalue weighted by molar-refractivity contribution is 0.632. The second-order valence-electron chi connectivity index (χ2n) is 4.22. The quantitative estimate of drug-likeness (QED) is 0.705. The summed E-state index contributed by atoms with van der Waals surface area (Å²) in [5.41, 5.74) is 7.23. The molecule has 0 bridgehead atoms. The van der Waals surface area contributed by atoms with E-state index in [0.29, 0.717) is 22.4 Å². The van der Waals surface area contributed by atoms with E-state index in [1.54, 1.807) is 30.3 Å². The summed E-state index contributed by atoms with van der Waals surface area (Å²) in [6.07, 6.45) is 1.40. The van der Waals surface area contributed by atoms with Crippen LogP contribution in [0.4, 0.5) is 21.6 Å². The van der Waals surface area contributed by atoms with E-state index in [-0.39, 0.29) is 10.7 Å². The summed E-state index contributed by atoms with van der Waals surface area (Å²) in [7, 11) is 0. The lowest BCUT2D eigenvalue weighted by Gasteiger charge is -2.10. The lowest BCUT2D eigenvalue weighted by Crippen LogP contribution is -1.99. The zero-order valence-corrected chi connectivity index (χ0v) is 11.0. The van der Waals surface area contributed by atoms with Crippen LogP contribution in [0.15, 0.2) is 42.7 Å². The SMILES string of the molecule is Nc1ccc2ncnc(Nc3c(F)cccc3Cl)c2c1. The Morgan fingerprint density at radius 2 is 2.00 bits per heavy atom. The molecule has 0 spiro atoms. The van der Waals surface area contributed by atoms with E-state index in [1.165, 1.54) is 12.4 Å². The molecule has 0 radical (unpaired) electrons. The Balaban J connectivity index is 2.13. The van der Waals surface area contributed by atoms with Gasteiger partial charge in [0, 0.05) is 11.1 Å². The number of para-hydroxylation sites is 1. The average molecular weight is 289 g/mol. The van der Waals surface area contributed by atoms with E-state index in [0.717, 1.165) is 0 Å². The minimum absolute atomic E-state index is 0.177. The summed E-state index contributed by atoms with van der Waals surface area (Å²) in [5.74, 6) is 0.00228. The van der Waals surface area contributed by atoms with Gasteiger partial charge in [-0.2, -0.15) is 0 Å². The molecule has 100 valence electrons. The highest BCUT2D eigenvalue weighted by Crippen LogP contribution is 2.30. The Morgan fingerprint density at radius 1 is 1.15 bits per heavy atom. The van der Waals surface area contributed by atoms with Crippen molar-refractivity contribution in [1.29, 1.82) is 0 Å². The summed E-state index contributed by atoms with van der Waals surface area (Å²) in [5, 5.41) is 3.88. The van der Waals surface area contributed by atoms with Gasteiger partial charge < -0.3 is 11.1 Å². The van der Waals surface area contributed by atoms with E-state index in [9.17, 15) is 4.39 Å². The molecule has 0 unspecified atom stereocenters. The zero-order valence-electron chi connectivity index (χ0n) is 10.3. The first-order valence-corrected chi connectivity index (χ1v) is 6.24. The molecule has 0 atom stereocenters. The number of hydrogen-bond acceptors (Lipinski definition) is 4. The van der Waals surface area contributed by atoms with Crippen molar-refractivity contribution in [2.45, 2.75) is 0 Å². The van der Waals surface area contributed by atoms with Gasteiger partial charge in [-0.3, -0.25) is 0 Å². The Kier molecular flexibility index (Phi) is 3.12. The van der Waals surface area contributed by atoms with Crippen molar-refractivity contribution in [3.8, 4) is 0 Å². The third kappa shape index (κ3) is 2.23. The van der Waals surface area contributed by atoms with Crippen molar-refractivity contribution >= 4 is 39.7 Å². The number of halogens is 2. The predicted molar refractivity (Wildman–Crippen MR) is 78.6 cm³/mol. The van der Waals surface area contributed by atoms with Gasteiger partial charge in [0.2, 0.25) is 0 Å². The topological polar surface area (TPSA) is 63.8 Å².